The highest BCUT2D eigenvalue weighted by Crippen LogP contribution is 2.55. The second-order valence-corrected chi connectivity index (χ2v) is 11.4. The van der Waals surface area contributed by atoms with Gasteiger partial charge in [0.2, 0.25) is 0 Å². The molecule has 1 unspecified atom stereocenters. The fourth-order valence-corrected chi connectivity index (χ4v) is 6.78. The number of halogens is 3. The number of nitrogens with zero attached hydrogens (tertiary/aromatic N) is 1. The van der Waals surface area contributed by atoms with Crippen molar-refractivity contribution in [2.24, 2.45) is 5.92 Å². The molecule has 1 aromatic heterocycles. The third-order valence-corrected chi connectivity index (χ3v) is 8.90. The molecule has 3 atom stereocenters. The number of nitrogens with one attached hydrogen (secondary N) is 1. The molecule has 2 aliphatic rings. The number of benzene rings is 2. The first-order valence-electron chi connectivity index (χ1n) is 13.7. The van der Waals surface area contributed by atoms with Crippen LogP contribution in [0.25, 0.3) is 0 Å². The summed E-state index contributed by atoms with van der Waals surface area (Å²) in [5.41, 5.74) is 4.31. The minimum Gasteiger partial charge on any atom is -0.390 e. The Bertz CT molecular complexity index is 1330. The number of pyridine rings is 1. The van der Waals surface area contributed by atoms with Crippen LogP contribution in [0.2, 0.25) is 0 Å². The second-order valence-electron chi connectivity index (χ2n) is 11.4. The molecule has 206 valence electrons. The number of rotatable bonds is 7. The molecule has 0 radical (unpaired) electrons. The number of fused-ring (bicyclic) bond motifs is 3. The van der Waals surface area contributed by atoms with Gasteiger partial charge in [0, 0.05) is 35.8 Å². The lowest BCUT2D eigenvalue weighted by molar-refractivity contribution is -0.153. The Labute approximate surface area is 227 Å². The van der Waals surface area contributed by atoms with Gasteiger partial charge in [0.1, 0.15) is 0 Å². The molecular formula is C32H35F3N2O2. The highest BCUT2D eigenvalue weighted by atomic mass is 19.4. The number of aliphatic hydroxyl groups is 1. The minimum atomic E-state index is -4.28. The first-order chi connectivity index (χ1) is 18.6. The second kappa shape index (κ2) is 10.8. The van der Waals surface area contributed by atoms with Crippen molar-refractivity contribution in [1.82, 2.24) is 10.3 Å². The Hall–Kier alpha value is -3.19. The SMILES string of the molecule is Cc1ncccc1CNC(=O)c1ccc2c(c1)CC[C@@H]1C[C@@](O)(CCC(F)(F)F)CCC21Cc1ccccc1. The van der Waals surface area contributed by atoms with E-state index in [0.717, 1.165) is 36.1 Å². The van der Waals surface area contributed by atoms with Gasteiger partial charge in [0.05, 0.1) is 5.60 Å². The van der Waals surface area contributed by atoms with Crippen LogP contribution in [0.4, 0.5) is 13.2 Å². The van der Waals surface area contributed by atoms with Crippen LogP contribution in [0, 0.1) is 12.8 Å². The quantitative estimate of drug-likeness (QED) is 0.357. The molecule has 2 N–H and O–H groups in total. The summed E-state index contributed by atoms with van der Waals surface area (Å²) in [6.45, 7) is 2.31. The van der Waals surface area contributed by atoms with Gasteiger partial charge in [-0.05, 0) is 98.2 Å². The maximum Gasteiger partial charge on any atom is 0.389 e. The molecular weight excluding hydrogens is 501 g/mol. The van der Waals surface area contributed by atoms with E-state index >= 15 is 0 Å². The van der Waals surface area contributed by atoms with E-state index in [0.29, 0.717) is 31.4 Å². The normalized spacial score (nSPS) is 24.5. The fourth-order valence-electron chi connectivity index (χ4n) is 6.78. The lowest BCUT2D eigenvalue weighted by Gasteiger charge is -2.53. The molecule has 39 heavy (non-hydrogen) atoms. The Morgan fingerprint density at radius 1 is 1.10 bits per heavy atom. The van der Waals surface area contributed by atoms with Gasteiger partial charge in [0.15, 0.2) is 0 Å². The van der Waals surface area contributed by atoms with Gasteiger partial charge in [0.25, 0.3) is 5.91 Å². The summed E-state index contributed by atoms with van der Waals surface area (Å²) >= 11 is 0. The van der Waals surface area contributed by atoms with Gasteiger partial charge in [-0.1, -0.05) is 42.5 Å². The van der Waals surface area contributed by atoms with E-state index < -0.39 is 18.2 Å². The summed E-state index contributed by atoms with van der Waals surface area (Å²) < 4.78 is 39.0. The van der Waals surface area contributed by atoms with Crippen LogP contribution in [0.15, 0.2) is 66.9 Å². The van der Waals surface area contributed by atoms with Gasteiger partial charge in [-0.15, -0.1) is 0 Å². The molecule has 2 aromatic carbocycles. The summed E-state index contributed by atoms with van der Waals surface area (Å²) in [6.07, 6.45) is -0.201. The van der Waals surface area contributed by atoms with E-state index in [2.05, 4.69) is 28.5 Å². The lowest BCUT2D eigenvalue weighted by Crippen LogP contribution is -2.51. The molecule has 0 aliphatic heterocycles. The van der Waals surface area contributed by atoms with Gasteiger partial charge in [-0.2, -0.15) is 13.2 Å². The minimum absolute atomic E-state index is 0.0606. The number of aromatic nitrogens is 1. The zero-order chi connectivity index (χ0) is 27.7. The summed E-state index contributed by atoms with van der Waals surface area (Å²) in [5.74, 6) is -0.0871. The molecule has 3 aromatic rings. The monoisotopic (exact) mass is 536 g/mol. The summed E-state index contributed by atoms with van der Waals surface area (Å²) in [5, 5.41) is 14.2. The van der Waals surface area contributed by atoms with E-state index in [9.17, 15) is 23.1 Å². The number of aryl methyl sites for hydroxylation is 2. The van der Waals surface area contributed by atoms with Gasteiger partial charge in [-0.25, -0.2) is 0 Å². The highest BCUT2D eigenvalue weighted by molar-refractivity contribution is 5.94. The van der Waals surface area contributed by atoms with Crippen molar-refractivity contribution in [3.8, 4) is 0 Å². The van der Waals surface area contributed by atoms with Crippen molar-refractivity contribution >= 4 is 5.91 Å². The van der Waals surface area contributed by atoms with Gasteiger partial charge in [-0.3, -0.25) is 9.78 Å². The molecule has 2 aliphatic carbocycles. The van der Waals surface area contributed by atoms with E-state index in [1.807, 2.05) is 49.4 Å². The van der Waals surface area contributed by atoms with Crippen molar-refractivity contribution in [2.75, 3.05) is 0 Å². The average Bonchev–Trinajstić information content (AvgIpc) is 2.92. The van der Waals surface area contributed by atoms with Gasteiger partial charge >= 0.3 is 6.18 Å². The molecule has 0 spiro atoms. The zero-order valence-corrected chi connectivity index (χ0v) is 22.2. The summed E-state index contributed by atoms with van der Waals surface area (Å²) in [7, 11) is 0. The van der Waals surface area contributed by atoms with E-state index in [1.165, 1.54) is 11.1 Å². The average molecular weight is 537 g/mol. The number of alkyl halides is 3. The molecule has 4 nitrogen and oxygen atoms in total. The zero-order valence-electron chi connectivity index (χ0n) is 22.2. The van der Waals surface area contributed by atoms with Crippen molar-refractivity contribution in [3.63, 3.8) is 0 Å². The molecule has 0 saturated heterocycles. The van der Waals surface area contributed by atoms with Gasteiger partial charge < -0.3 is 10.4 Å². The highest BCUT2D eigenvalue weighted by Gasteiger charge is 2.52. The van der Waals surface area contributed by atoms with Crippen LogP contribution in [0.3, 0.4) is 0 Å². The molecule has 1 amide bonds. The predicted octanol–water partition coefficient (Wildman–Crippen LogP) is 6.62. The lowest BCUT2D eigenvalue weighted by atomic mass is 9.52. The number of carbonyl (C=O) groups is 1. The van der Waals surface area contributed by atoms with Crippen LogP contribution >= 0.6 is 0 Å². The Kier molecular flexibility index (Phi) is 7.55. The van der Waals surface area contributed by atoms with Crippen molar-refractivity contribution in [3.05, 3.63) is 100 Å². The first kappa shape index (κ1) is 27.4. The van der Waals surface area contributed by atoms with E-state index in [-0.39, 0.29) is 23.7 Å². The van der Waals surface area contributed by atoms with Crippen molar-refractivity contribution in [2.45, 2.75) is 82.0 Å². The third-order valence-electron chi connectivity index (χ3n) is 8.90. The van der Waals surface area contributed by atoms with Crippen molar-refractivity contribution < 1.29 is 23.1 Å². The topological polar surface area (TPSA) is 62.2 Å². The number of hydrogen-bond donors (Lipinski definition) is 2. The summed E-state index contributed by atoms with van der Waals surface area (Å²) in [4.78, 5) is 17.3. The maximum absolute atomic E-state index is 13.1. The Balaban J connectivity index is 1.41. The molecule has 5 rings (SSSR count). The standard InChI is InChI=1S/C32H35F3N2O2/c1-22-26(8-5-17-36-22)21-37-29(38)25-10-12-28-24(18-25)9-11-27-20-30(39,14-16-32(33,34)35)13-15-31(27,28)19-23-6-3-2-4-7-23/h2-8,10,12,17-18,27,39H,9,11,13-16,19-21H2,1H3,(H,37,38)/t27-,30+,31?/m1/s1. The molecule has 1 fully saturated rings. The Morgan fingerprint density at radius 3 is 2.64 bits per heavy atom. The Morgan fingerprint density at radius 2 is 1.90 bits per heavy atom. The summed E-state index contributed by atoms with van der Waals surface area (Å²) in [6, 6.07) is 19.9. The van der Waals surface area contributed by atoms with Crippen LogP contribution in [0.1, 0.15) is 76.8 Å². The van der Waals surface area contributed by atoms with Crippen molar-refractivity contribution in [1.29, 1.82) is 0 Å². The third kappa shape index (κ3) is 6.03. The number of amides is 1. The molecule has 0 bridgehead atoms. The van der Waals surface area contributed by atoms with Crippen LogP contribution in [-0.4, -0.2) is 27.8 Å². The predicted molar refractivity (Wildman–Crippen MR) is 144 cm³/mol. The van der Waals surface area contributed by atoms with Crippen LogP contribution in [-0.2, 0) is 24.8 Å². The molecule has 1 heterocycles. The van der Waals surface area contributed by atoms with Crippen LogP contribution < -0.4 is 5.32 Å². The first-order valence-corrected chi connectivity index (χ1v) is 13.7. The van der Waals surface area contributed by atoms with Crippen LogP contribution in [0.5, 0.6) is 0 Å². The smallest absolute Gasteiger partial charge is 0.389 e. The van der Waals surface area contributed by atoms with E-state index in [4.69, 9.17) is 0 Å². The largest absolute Gasteiger partial charge is 0.390 e. The fraction of sp³-hybridized carbons (Fsp3) is 0.438. The van der Waals surface area contributed by atoms with E-state index in [1.54, 1.807) is 6.20 Å². The maximum atomic E-state index is 13.1. The molecule has 1 saturated carbocycles. The number of carbonyl (C=O) groups excluding carboxylic acids is 1. The molecule has 7 heteroatoms. The number of hydrogen-bond acceptors (Lipinski definition) is 3.